The van der Waals surface area contributed by atoms with Crippen molar-refractivity contribution in [3.05, 3.63) is 48.2 Å². The van der Waals surface area contributed by atoms with Gasteiger partial charge in [-0.2, -0.15) is 5.10 Å². The summed E-state index contributed by atoms with van der Waals surface area (Å²) in [6.45, 7) is 6.16. The number of carbonyl (C=O) groups excluding carboxylic acids is 1. The van der Waals surface area contributed by atoms with Crippen LogP contribution >= 0.6 is 0 Å². The van der Waals surface area contributed by atoms with Gasteiger partial charge in [0.1, 0.15) is 5.69 Å². The fraction of sp³-hybridized carbons (Fsp3) is 0.381. The van der Waals surface area contributed by atoms with Crippen LogP contribution in [-0.4, -0.2) is 64.5 Å². The van der Waals surface area contributed by atoms with E-state index in [1.165, 1.54) is 0 Å². The maximum atomic E-state index is 13.1. The molecule has 2 aromatic heterocycles. The van der Waals surface area contributed by atoms with Gasteiger partial charge in [-0.25, -0.2) is 4.98 Å². The monoisotopic (exact) mass is 379 g/mol. The summed E-state index contributed by atoms with van der Waals surface area (Å²) >= 11 is 0. The predicted molar refractivity (Wildman–Crippen MR) is 108 cm³/mol. The molecule has 1 fully saturated rings. The minimum absolute atomic E-state index is 0.0378. The Morgan fingerprint density at radius 3 is 2.75 bits per heavy atom. The lowest BCUT2D eigenvalue weighted by atomic mass is 10.1. The average molecular weight is 379 g/mol. The molecule has 0 spiro atoms. The van der Waals surface area contributed by atoms with Crippen molar-refractivity contribution in [1.82, 2.24) is 25.0 Å². The van der Waals surface area contributed by atoms with Crippen molar-refractivity contribution in [2.75, 3.05) is 32.8 Å². The quantitative estimate of drug-likeness (QED) is 0.735. The molecular weight excluding hydrogens is 354 g/mol. The summed E-state index contributed by atoms with van der Waals surface area (Å²) < 4.78 is 7.13. The second-order valence-electron chi connectivity index (χ2n) is 7.23. The van der Waals surface area contributed by atoms with Crippen molar-refractivity contribution in [2.45, 2.75) is 13.0 Å². The van der Waals surface area contributed by atoms with Crippen LogP contribution in [0.2, 0.25) is 0 Å². The van der Waals surface area contributed by atoms with E-state index in [-0.39, 0.29) is 11.9 Å². The third-order valence-corrected chi connectivity index (χ3v) is 4.95. The van der Waals surface area contributed by atoms with E-state index in [1.54, 1.807) is 4.68 Å². The van der Waals surface area contributed by atoms with Gasteiger partial charge in [-0.05, 0) is 25.1 Å². The number of nitrogens with one attached hydrogen (secondary N) is 1. The molecule has 1 amide bonds. The molecule has 1 N–H and O–H groups in total. The lowest BCUT2D eigenvalue weighted by Gasteiger charge is -2.29. The highest BCUT2D eigenvalue weighted by Crippen LogP contribution is 2.24. The molecule has 1 aromatic carbocycles. The zero-order valence-corrected chi connectivity index (χ0v) is 16.3. The van der Waals surface area contributed by atoms with Gasteiger partial charge < -0.3 is 10.1 Å². The molecule has 1 aliphatic heterocycles. The molecule has 3 aromatic rings. The van der Waals surface area contributed by atoms with Crippen molar-refractivity contribution in [3.63, 3.8) is 0 Å². The van der Waals surface area contributed by atoms with Crippen LogP contribution < -0.4 is 5.32 Å². The Balaban J connectivity index is 1.60. The van der Waals surface area contributed by atoms with Crippen LogP contribution in [0.15, 0.2) is 42.6 Å². The molecular formula is C21H25N5O2. The zero-order chi connectivity index (χ0) is 19.5. The normalized spacial score (nSPS) is 16.2. The largest absolute Gasteiger partial charge is 0.379 e. The van der Waals surface area contributed by atoms with Gasteiger partial charge in [-0.1, -0.05) is 18.2 Å². The maximum absolute atomic E-state index is 13.1. The van der Waals surface area contributed by atoms with Crippen molar-refractivity contribution in [3.8, 4) is 11.4 Å². The Bertz CT molecular complexity index is 978. The second kappa shape index (κ2) is 8.08. The maximum Gasteiger partial charge on any atom is 0.252 e. The number of fused-ring (bicyclic) bond motifs is 1. The molecule has 28 heavy (non-hydrogen) atoms. The molecule has 146 valence electrons. The number of morpholine rings is 1. The van der Waals surface area contributed by atoms with Crippen LogP contribution in [0.1, 0.15) is 17.3 Å². The van der Waals surface area contributed by atoms with E-state index in [0.29, 0.717) is 11.3 Å². The third-order valence-electron chi connectivity index (χ3n) is 4.95. The number of para-hydroxylation sites is 1. The predicted octanol–water partition coefficient (Wildman–Crippen LogP) is 2.09. The first kappa shape index (κ1) is 18.6. The van der Waals surface area contributed by atoms with Gasteiger partial charge in [0.25, 0.3) is 5.91 Å². The van der Waals surface area contributed by atoms with Crippen LogP contribution in [-0.2, 0) is 11.8 Å². The Hall–Kier alpha value is -2.77. The number of hydrogen-bond donors (Lipinski definition) is 1. The van der Waals surface area contributed by atoms with Crippen LogP contribution in [0, 0.1) is 0 Å². The van der Waals surface area contributed by atoms with Crippen LogP contribution in [0.4, 0.5) is 0 Å². The highest BCUT2D eigenvalue weighted by Gasteiger charge is 2.19. The van der Waals surface area contributed by atoms with E-state index < -0.39 is 0 Å². The summed E-state index contributed by atoms with van der Waals surface area (Å²) in [6.07, 6.45) is 1.87. The van der Waals surface area contributed by atoms with Gasteiger partial charge in [0, 0.05) is 44.3 Å². The van der Waals surface area contributed by atoms with Gasteiger partial charge in [0.05, 0.1) is 30.0 Å². The smallest absolute Gasteiger partial charge is 0.252 e. The first-order valence-corrected chi connectivity index (χ1v) is 9.61. The second-order valence-corrected chi connectivity index (χ2v) is 7.23. The fourth-order valence-electron chi connectivity index (χ4n) is 3.56. The summed E-state index contributed by atoms with van der Waals surface area (Å²) in [5.41, 5.74) is 2.87. The van der Waals surface area contributed by atoms with Gasteiger partial charge in [-0.3, -0.25) is 14.4 Å². The molecule has 4 rings (SSSR count). The Kier molecular flexibility index (Phi) is 5.36. The highest BCUT2D eigenvalue weighted by molar-refractivity contribution is 6.07. The Morgan fingerprint density at radius 2 is 2.00 bits per heavy atom. The van der Waals surface area contributed by atoms with E-state index in [9.17, 15) is 4.79 Å². The first-order chi connectivity index (χ1) is 13.6. The number of nitrogens with zero attached hydrogens (tertiary/aromatic N) is 4. The summed E-state index contributed by atoms with van der Waals surface area (Å²) in [4.78, 5) is 20.1. The number of aryl methyl sites for hydroxylation is 1. The molecule has 1 saturated heterocycles. The minimum Gasteiger partial charge on any atom is -0.379 e. The average Bonchev–Trinajstić information content (AvgIpc) is 3.14. The van der Waals surface area contributed by atoms with E-state index in [2.05, 4.69) is 15.3 Å². The van der Waals surface area contributed by atoms with Gasteiger partial charge in [0.15, 0.2) is 0 Å². The number of benzene rings is 1. The van der Waals surface area contributed by atoms with Crippen LogP contribution in [0.25, 0.3) is 22.3 Å². The first-order valence-electron chi connectivity index (χ1n) is 9.61. The number of amides is 1. The van der Waals surface area contributed by atoms with E-state index >= 15 is 0 Å². The van der Waals surface area contributed by atoms with Crippen LogP contribution in [0.3, 0.4) is 0 Å². The zero-order valence-electron chi connectivity index (χ0n) is 16.3. The van der Waals surface area contributed by atoms with Gasteiger partial charge >= 0.3 is 0 Å². The number of ether oxygens (including phenoxy) is 1. The highest BCUT2D eigenvalue weighted by atomic mass is 16.5. The molecule has 0 unspecified atom stereocenters. The topological polar surface area (TPSA) is 72.3 Å². The number of rotatable bonds is 5. The third kappa shape index (κ3) is 4.05. The molecule has 0 bridgehead atoms. The van der Waals surface area contributed by atoms with Crippen molar-refractivity contribution >= 4 is 16.8 Å². The lowest BCUT2D eigenvalue weighted by molar-refractivity contribution is 0.0342. The number of pyridine rings is 1. The van der Waals surface area contributed by atoms with E-state index in [1.807, 2.05) is 56.6 Å². The molecule has 1 aliphatic rings. The summed E-state index contributed by atoms with van der Waals surface area (Å²) in [7, 11) is 1.87. The van der Waals surface area contributed by atoms with Crippen LogP contribution in [0.5, 0.6) is 0 Å². The standard InChI is InChI=1S/C21H25N5O2/c1-15(14-26-9-11-28-12-10-26)22-21(27)17-13-20(19-7-8-25(2)24-19)23-18-6-4-3-5-16(17)18/h3-8,13,15H,9-12,14H2,1-2H3,(H,22,27)/t15-/m0/s1. The lowest BCUT2D eigenvalue weighted by Crippen LogP contribution is -2.46. The van der Waals surface area contributed by atoms with Gasteiger partial charge in [0.2, 0.25) is 0 Å². The summed E-state index contributed by atoms with van der Waals surface area (Å²) in [5, 5.41) is 8.42. The van der Waals surface area contributed by atoms with Crippen molar-refractivity contribution in [2.24, 2.45) is 7.05 Å². The molecule has 3 heterocycles. The summed E-state index contributed by atoms with van der Waals surface area (Å²) in [5.74, 6) is -0.0865. The SMILES string of the molecule is C[C@@H](CN1CCOCC1)NC(=O)c1cc(-c2ccn(C)n2)nc2ccccc12. The van der Waals surface area contributed by atoms with Gasteiger partial charge in [-0.15, -0.1) is 0 Å². The number of aromatic nitrogens is 3. The Labute approximate surface area is 164 Å². The van der Waals surface area contributed by atoms with E-state index in [0.717, 1.165) is 49.4 Å². The molecule has 1 atom stereocenters. The van der Waals surface area contributed by atoms with E-state index in [4.69, 9.17) is 9.72 Å². The minimum atomic E-state index is -0.0865. The molecule has 7 heteroatoms. The Morgan fingerprint density at radius 1 is 1.21 bits per heavy atom. The fourth-order valence-corrected chi connectivity index (χ4v) is 3.56. The summed E-state index contributed by atoms with van der Waals surface area (Å²) in [6, 6.07) is 11.5. The molecule has 7 nitrogen and oxygen atoms in total. The number of hydrogen-bond acceptors (Lipinski definition) is 5. The molecule has 0 aliphatic carbocycles. The van der Waals surface area contributed by atoms with Crippen molar-refractivity contribution < 1.29 is 9.53 Å². The molecule has 0 saturated carbocycles. The van der Waals surface area contributed by atoms with Crippen molar-refractivity contribution in [1.29, 1.82) is 0 Å². The molecule has 0 radical (unpaired) electrons. The number of carbonyl (C=O) groups is 1.